The quantitative estimate of drug-likeness (QED) is 0.820. The minimum Gasteiger partial charge on any atom is -0.478 e. The minimum atomic E-state index is -1.07. The third kappa shape index (κ3) is 3.08. The molecule has 0 heterocycles. The van der Waals surface area contributed by atoms with E-state index in [1.807, 2.05) is 41.7 Å². The van der Waals surface area contributed by atoms with Gasteiger partial charge in [-0.1, -0.05) is 6.07 Å². The molecule has 0 saturated heterocycles. The van der Waals surface area contributed by atoms with Crippen molar-refractivity contribution in [3.63, 3.8) is 0 Å². The number of carbonyl (C=O) groups is 1. The van der Waals surface area contributed by atoms with E-state index in [4.69, 9.17) is 10.00 Å². The smallest absolute Gasteiger partial charge is 0.339 e. The molecule has 0 amide bonds. The molecule has 0 aliphatic carbocycles. The summed E-state index contributed by atoms with van der Waals surface area (Å²) in [5, 5.41) is 18.3. The summed E-state index contributed by atoms with van der Waals surface area (Å²) in [7, 11) is 0. The second-order valence-corrected chi connectivity index (χ2v) is 5.40. The molecule has 100 valence electrons. The molecule has 20 heavy (non-hydrogen) atoms. The molecule has 2 rings (SSSR count). The van der Waals surface area contributed by atoms with E-state index in [0.29, 0.717) is 11.3 Å². The van der Waals surface area contributed by atoms with Crippen molar-refractivity contribution >= 4 is 28.6 Å². The van der Waals surface area contributed by atoms with Crippen LogP contribution in [0.3, 0.4) is 0 Å². The molecule has 0 radical (unpaired) electrons. The van der Waals surface area contributed by atoms with Crippen LogP contribution in [0.25, 0.3) is 0 Å². The highest BCUT2D eigenvalue weighted by Crippen LogP contribution is 2.29. The van der Waals surface area contributed by atoms with E-state index in [9.17, 15) is 9.90 Å². The van der Waals surface area contributed by atoms with Crippen molar-refractivity contribution < 1.29 is 14.6 Å². The van der Waals surface area contributed by atoms with E-state index >= 15 is 0 Å². The van der Waals surface area contributed by atoms with Crippen LogP contribution in [0.15, 0.2) is 36.4 Å². The zero-order valence-corrected chi connectivity index (χ0v) is 12.7. The summed E-state index contributed by atoms with van der Waals surface area (Å²) >= 11 is 2.03. The van der Waals surface area contributed by atoms with E-state index in [1.165, 1.54) is 6.07 Å². The lowest BCUT2D eigenvalue weighted by Crippen LogP contribution is -2.01. The number of ether oxygens (including phenoxy) is 1. The van der Waals surface area contributed by atoms with E-state index < -0.39 is 5.97 Å². The predicted molar refractivity (Wildman–Crippen MR) is 82.1 cm³/mol. The first-order chi connectivity index (χ1) is 9.51. The third-order valence-corrected chi connectivity index (χ3v) is 3.32. The van der Waals surface area contributed by atoms with Crippen molar-refractivity contribution in [1.29, 1.82) is 5.26 Å². The van der Waals surface area contributed by atoms with Gasteiger partial charge in [0, 0.05) is 3.57 Å². The maximum Gasteiger partial charge on any atom is 0.339 e. The summed E-state index contributed by atoms with van der Waals surface area (Å²) < 4.78 is 6.40. The summed E-state index contributed by atoms with van der Waals surface area (Å²) in [6.07, 6.45) is 0. The molecule has 0 aliphatic heterocycles. The summed E-state index contributed by atoms with van der Waals surface area (Å²) in [4.78, 5) is 11.2. The van der Waals surface area contributed by atoms with Gasteiger partial charge in [-0.25, -0.2) is 4.79 Å². The van der Waals surface area contributed by atoms with Crippen molar-refractivity contribution in [3.8, 4) is 17.6 Å². The van der Waals surface area contributed by atoms with Crippen LogP contribution in [0.2, 0.25) is 0 Å². The van der Waals surface area contributed by atoms with Gasteiger partial charge in [-0.05, 0) is 65.4 Å². The fraction of sp³-hybridized carbons (Fsp3) is 0.0667. The second-order valence-electron chi connectivity index (χ2n) is 4.16. The van der Waals surface area contributed by atoms with E-state index in [2.05, 4.69) is 0 Å². The molecule has 0 aliphatic rings. The summed E-state index contributed by atoms with van der Waals surface area (Å²) in [6.45, 7) is 1.87. The largest absolute Gasteiger partial charge is 0.478 e. The van der Waals surface area contributed by atoms with Crippen LogP contribution in [0.4, 0.5) is 0 Å². The number of hydrogen-bond acceptors (Lipinski definition) is 3. The number of carboxylic acid groups (broad SMARTS) is 1. The second kappa shape index (κ2) is 5.92. The Kier molecular flexibility index (Phi) is 4.25. The van der Waals surface area contributed by atoms with Crippen LogP contribution in [0, 0.1) is 21.8 Å². The van der Waals surface area contributed by atoms with Gasteiger partial charge < -0.3 is 9.84 Å². The van der Waals surface area contributed by atoms with Gasteiger partial charge in [0.1, 0.15) is 23.1 Å². The average molecular weight is 379 g/mol. The first-order valence-electron chi connectivity index (χ1n) is 5.72. The highest BCUT2D eigenvalue weighted by molar-refractivity contribution is 14.1. The van der Waals surface area contributed by atoms with E-state index in [-0.39, 0.29) is 11.3 Å². The summed E-state index contributed by atoms with van der Waals surface area (Å²) in [6, 6.07) is 12.1. The highest BCUT2D eigenvalue weighted by Gasteiger charge is 2.14. The molecule has 1 N–H and O–H groups in total. The van der Waals surface area contributed by atoms with Gasteiger partial charge in [-0.15, -0.1) is 0 Å². The zero-order valence-electron chi connectivity index (χ0n) is 10.6. The zero-order chi connectivity index (χ0) is 14.7. The van der Waals surface area contributed by atoms with Gasteiger partial charge in [0.25, 0.3) is 0 Å². The topological polar surface area (TPSA) is 70.3 Å². The van der Waals surface area contributed by atoms with Crippen molar-refractivity contribution in [1.82, 2.24) is 0 Å². The molecule has 0 aromatic heterocycles. The number of aryl methyl sites for hydroxylation is 1. The molecule has 0 spiro atoms. The Morgan fingerprint density at radius 3 is 2.60 bits per heavy atom. The van der Waals surface area contributed by atoms with Crippen molar-refractivity contribution in [2.75, 3.05) is 0 Å². The molecular formula is C15H10INO3. The summed E-state index contributed by atoms with van der Waals surface area (Å²) in [5.41, 5.74) is 1.39. The normalized spacial score (nSPS) is 9.85. The van der Waals surface area contributed by atoms with Crippen LogP contribution in [-0.2, 0) is 0 Å². The highest BCUT2D eigenvalue weighted by atomic mass is 127. The average Bonchev–Trinajstić information content (AvgIpc) is 2.42. The van der Waals surface area contributed by atoms with Crippen LogP contribution >= 0.6 is 22.6 Å². The van der Waals surface area contributed by atoms with Gasteiger partial charge >= 0.3 is 5.97 Å². The Morgan fingerprint density at radius 2 is 1.95 bits per heavy atom. The molecule has 0 bridgehead atoms. The Balaban J connectivity index is 2.45. The SMILES string of the molecule is Cc1ccc(Oc2ccc(I)cc2C(=O)O)c(C#N)c1. The number of rotatable bonds is 3. The molecule has 0 saturated carbocycles. The van der Waals surface area contributed by atoms with Crippen molar-refractivity contribution in [3.05, 3.63) is 56.7 Å². The number of benzene rings is 2. The lowest BCUT2D eigenvalue weighted by Gasteiger charge is -2.10. The Labute approximate surface area is 129 Å². The molecule has 0 atom stereocenters. The maximum absolute atomic E-state index is 11.2. The van der Waals surface area contributed by atoms with E-state index in [0.717, 1.165) is 9.13 Å². The molecular weight excluding hydrogens is 369 g/mol. The Hall–Kier alpha value is -2.07. The van der Waals surface area contributed by atoms with Crippen LogP contribution in [-0.4, -0.2) is 11.1 Å². The molecule has 2 aromatic rings. The minimum absolute atomic E-state index is 0.0707. The standard InChI is InChI=1S/C15H10INO3/c1-9-2-4-13(10(6-9)8-17)20-14-5-3-11(16)7-12(14)15(18)19/h2-7H,1H3,(H,18,19). The lowest BCUT2D eigenvalue weighted by molar-refractivity contribution is 0.0694. The van der Waals surface area contributed by atoms with Gasteiger partial charge in [-0.3, -0.25) is 0 Å². The maximum atomic E-state index is 11.2. The van der Waals surface area contributed by atoms with Crippen LogP contribution < -0.4 is 4.74 Å². The molecule has 0 fully saturated rings. The molecule has 2 aromatic carbocycles. The predicted octanol–water partition coefficient (Wildman–Crippen LogP) is 3.96. The van der Waals surface area contributed by atoms with Crippen molar-refractivity contribution in [2.24, 2.45) is 0 Å². The first-order valence-corrected chi connectivity index (χ1v) is 6.80. The number of aromatic carboxylic acids is 1. The van der Waals surface area contributed by atoms with Gasteiger partial charge in [-0.2, -0.15) is 5.26 Å². The van der Waals surface area contributed by atoms with Gasteiger partial charge in [0.2, 0.25) is 0 Å². The fourth-order valence-electron chi connectivity index (χ4n) is 1.70. The van der Waals surface area contributed by atoms with Crippen LogP contribution in [0.5, 0.6) is 11.5 Å². The third-order valence-electron chi connectivity index (χ3n) is 2.65. The van der Waals surface area contributed by atoms with E-state index in [1.54, 1.807) is 24.3 Å². The number of nitrogens with zero attached hydrogens (tertiary/aromatic N) is 1. The molecule has 4 nitrogen and oxygen atoms in total. The fourth-order valence-corrected chi connectivity index (χ4v) is 2.19. The van der Waals surface area contributed by atoms with Gasteiger partial charge in [0.15, 0.2) is 0 Å². The molecule has 5 heteroatoms. The number of halogens is 1. The Morgan fingerprint density at radius 1 is 1.25 bits per heavy atom. The Bertz CT molecular complexity index is 720. The number of hydrogen-bond donors (Lipinski definition) is 1. The van der Waals surface area contributed by atoms with Crippen molar-refractivity contribution in [2.45, 2.75) is 6.92 Å². The lowest BCUT2D eigenvalue weighted by atomic mass is 10.1. The first kappa shape index (κ1) is 14.3. The molecule has 0 unspecified atom stereocenters. The van der Waals surface area contributed by atoms with Gasteiger partial charge in [0.05, 0.1) is 5.56 Å². The number of nitriles is 1. The summed E-state index contributed by atoms with van der Waals surface area (Å²) in [5.74, 6) is -0.496. The number of carboxylic acids is 1. The van der Waals surface area contributed by atoms with Crippen LogP contribution in [0.1, 0.15) is 21.5 Å². The monoisotopic (exact) mass is 379 g/mol.